The minimum absolute atomic E-state index is 0.0210. The minimum Gasteiger partial charge on any atom is -0.465 e. The number of halogens is 1. The van der Waals surface area contributed by atoms with Crippen molar-refractivity contribution >= 4 is 23.6 Å². The number of rotatable bonds is 4. The van der Waals surface area contributed by atoms with Crippen molar-refractivity contribution in [3.05, 3.63) is 34.5 Å². The van der Waals surface area contributed by atoms with Gasteiger partial charge in [0.2, 0.25) is 0 Å². The molecule has 0 unspecified atom stereocenters. The second kappa shape index (κ2) is 7.36. The van der Waals surface area contributed by atoms with Gasteiger partial charge in [-0.15, -0.1) is 0 Å². The van der Waals surface area contributed by atoms with Gasteiger partial charge in [-0.25, -0.2) is 14.0 Å². The van der Waals surface area contributed by atoms with Crippen molar-refractivity contribution in [1.29, 1.82) is 0 Å². The summed E-state index contributed by atoms with van der Waals surface area (Å²) in [7, 11) is 0. The second-order valence-corrected chi connectivity index (χ2v) is 5.92. The molecule has 0 aromatic heterocycles. The first-order valence-electron chi connectivity index (χ1n) is 8.01. The van der Waals surface area contributed by atoms with Crippen molar-refractivity contribution in [2.45, 2.75) is 6.10 Å². The second-order valence-electron chi connectivity index (χ2n) is 5.92. The van der Waals surface area contributed by atoms with Crippen LogP contribution in [0.2, 0.25) is 0 Å². The summed E-state index contributed by atoms with van der Waals surface area (Å²) in [4.78, 5) is 29.8. The lowest BCUT2D eigenvalue weighted by Gasteiger charge is -2.34. The zero-order valence-electron chi connectivity index (χ0n) is 13.8. The number of carbonyl (C=O) groups is 2. The molecule has 2 aliphatic heterocycles. The molecule has 0 bridgehead atoms. The SMILES string of the molecule is [N-]=[N+]=NC[C@@H]1CN(c2ccc(N3CCN(C(=O)O)CC3)c(F)c2)C(=O)O1. The van der Waals surface area contributed by atoms with Crippen molar-refractivity contribution in [2.75, 3.05) is 49.1 Å². The number of azide groups is 1. The van der Waals surface area contributed by atoms with E-state index < -0.39 is 24.1 Å². The average Bonchev–Trinajstić information content (AvgIpc) is 3.00. The molecular weight excluding hydrogens is 347 g/mol. The Morgan fingerprint density at radius 3 is 2.73 bits per heavy atom. The summed E-state index contributed by atoms with van der Waals surface area (Å²) in [5.41, 5.74) is 9.04. The summed E-state index contributed by atoms with van der Waals surface area (Å²) in [6, 6.07) is 4.42. The third kappa shape index (κ3) is 3.57. The quantitative estimate of drug-likeness (QED) is 0.499. The summed E-state index contributed by atoms with van der Waals surface area (Å²) in [5, 5.41) is 12.3. The molecule has 1 aromatic carbocycles. The van der Waals surface area contributed by atoms with Crippen molar-refractivity contribution in [3.8, 4) is 0 Å². The number of amides is 2. The highest BCUT2D eigenvalue weighted by Crippen LogP contribution is 2.28. The number of cyclic esters (lactones) is 1. The summed E-state index contributed by atoms with van der Waals surface area (Å²) in [6.45, 7) is 1.58. The third-order valence-electron chi connectivity index (χ3n) is 4.36. The number of nitrogens with zero attached hydrogens (tertiary/aromatic N) is 6. The van der Waals surface area contributed by atoms with E-state index >= 15 is 0 Å². The predicted octanol–water partition coefficient (Wildman–Crippen LogP) is 2.26. The minimum atomic E-state index is -0.983. The molecule has 1 N–H and O–H groups in total. The molecule has 2 fully saturated rings. The van der Waals surface area contributed by atoms with Gasteiger partial charge in [-0.05, 0) is 23.7 Å². The van der Waals surface area contributed by atoms with Gasteiger partial charge in [-0.1, -0.05) is 5.11 Å². The lowest BCUT2D eigenvalue weighted by molar-refractivity contribution is 0.142. The highest BCUT2D eigenvalue weighted by molar-refractivity contribution is 5.90. The van der Waals surface area contributed by atoms with Crippen molar-refractivity contribution < 1.29 is 23.8 Å². The third-order valence-corrected chi connectivity index (χ3v) is 4.36. The van der Waals surface area contributed by atoms with E-state index in [9.17, 15) is 14.0 Å². The van der Waals surface area contributed by atoms with E-state index in [2.05, 4.69) is 10.0 Å². The van der Waals surface area contributed by atoms with Crippen LogP contribution in [-0.2, 0) is 4.74 Å². The first kappa shape index (κ1) is 17.6. The van der Waals surface area contributed by atoms with Gasteiger partial charge in [0.25, 0.3) is 0 Å². The highest BCUT2D eigenvalue weighted by Gasteiger charge is 2.32. The normalized spacial score (nSPS) is 20.0. The van der Waals surface area contributed by atoms with Crippen LogP contribution in [0.3, 0.4) is 0 Å². The molecule has 2 heterocycles. The largest absolute Gasteiger partial charge is 0.465 e. The van der Waals surface area contributed by atoms with Crippen LogP contribution >= 0.6 is 0 Å². The maximum absolute atomic E-state index is 14.6. The standard InChI is InChI=1S/C15H17FN6O4/c16-12-7-10(22-9-11(8-18-19-17)26-15(22)25)1-2-13(12)20-3-5-21(6-4-20)14(23)24/h1-2,7,11H,3-6,8-9H2,(H,23,24)/t11-/m1/s1. The van der Waals surface area contributed by atoms with Crippen LogP contribution < -0.4 is 9.80 Å². The Balaban J connectivity index is 1.69. The Morgan fingerprint density at radius 2 is 2.12 bits per heavy atom. The molecule has 0 aliphatic carbocycles. The molecule has 2 amide bonds. The van der Waals surface area contributed by atoms with Gasteiger partial charge in [0.05, 0.1) is 24.5 Å². The fraction of sp³-hybridized carbons (Fsp3) is 0.467. The number of benzene rings is 1. The number of hydrogen-bond acceptors (Lipinski definition) is 5. The van der Waals surface area contributed by atoms with Gasteiger partial charge in [0, 0.05) is 31.1 Å². The van der Waals surface area contributed by atoms with E-state index in [1.165, 1.54) is 15.9 Å². The number of carbonyl (C=O) groups excluding carboxylic acids is 1. The topological polar surface area (TPSA) is 122 Å². The van der Waals surface area contributed by atoms with Crippen LogP contribution in [0.4, 0.5) is 25.4 Å². The van der Waals surface area contributed by atoms with Crippen LogP contribution in [0.15, 0.2) is 23.3 Å². The predicted molar refractivity (Wildman–Crippen MR) is 89.8 cm³/mol. The Bertz CT molecular complexity index is 761. The monoisotopic (exact) mass is 364 g/mol. The molecule has 2 aliphatic rings. The van der Waals surface area contributed by atoms with E-state index in [1.807, 2.05) is 0 Å². The molecule has 0 spiro atoms. The van der Waals surface area contributed by atoms with Gasteiger partial charge in [-0.2, -0.15) is 0 Å². The smallest absolute Gasteiger partial charge is 0.414 e. The molecule has 138 valence electrons. The Labute approximate surface area is 148 Å². The molecule has 11 heteroatoms. The molecular formula is C15H17FN6O4. The van der Waals surface area contributed by atoms with E-state index in [-0.39, 0.29) is 13.1 Å². The lowest BCUT2D eigenvalue weighted by Crippen LogP contribution is -2.48. The first-order valence-corrected chi connectivity index (χ1v) is 8.01. The summed E-state index contributed by atoms with van der Waals surface area (Å²) >= 11 is 0. The van der Waals surface area contributed by atoms with E-state index in [0.717, 1.165) is 0 Å². The number of carboxylic acid groups (broad SMARTS) is 1. The van der Waals surface area contributed by atoms with Gasteiger partial charge < -0.3 is 19.6 Å². The van der Waals surface area contributed by atoms with Crippen LogP contribution in [0.1, 0.15) is 0 Å². The van der Waals surface area contributed by atoms with Crippen LogP contribution in [0, 0.1) is 5.82 Å². The fourth-order valence-corrected chi connectivity index (χ4v) is 3.01. The number of piperazine rings is 1. The van der Waals surface area contributed by atoms with Gasteiger partial charge in [0.1, 0.15) is 11.9 Å². The molecule has 0 saturated carbocycles. The van der Waals surface area contributed by atoms with Gasteiger partial charge >= 0.3 is 12.2 Å². The Kier molecular flexibility index (Phi) is 4.99. The summed E-state index contributed by atoms with van der Waals surface area (Å²) in [5.74, 6) is -0.502. The van der Waals surface area contributed by atoms with E-state index in [1.54, 1.807) is 17.0 Å². The molecule has 2 saturated heterocycles. The molecule has 3 rings (SSSR count). The Hall–Kier alpha value is -3.20. The number of hydrogen-bond donors (Lipinski definition) is 1. The fourth-order valence-electron chi connectivity index (χ4n) is 3.01. The number of anilines is 2. The maximum Gasteiger partial charge on any atom is 0.414 e. The summed E-state index contributed by atoms with van der Waals surface area (Å²) < 4.78 is 19.6. The van der Waals surface area contributed by atoms with Crippen LogP contribution in [0.25, 0.3) is 10.4 Å². The molecule has 10 nitrogen and oxygen atoms in total. The molecule has 0 radical (unpaired) electrons. The van der Waals surface area contributed by atoms with Gasteiger partial charge in [-0.3, -0.25) is 4.90 Å². The molecule has 1 atom stereocenters. The van der Waals surface area contributed by atoms with Crippen LogP contribution in [0.5, 0.6) is 0 Å². The summed E-state index contributed by atoms with van der Waals surface area (Å²) in [6.07, 6.45) is -2.17. The zero-order chi connectivity index (χ0) is 18.7. The average molecular weight is 364 g/mol. The lowest BCUT2D eigenvalue weighted by atomic mass is 10.2. The van der Waals surface area contributed by atoms with E-state index in [4.69, 9.17) is 15.4 Å². The molecule has 26 heavy (non-hydrogen) atoms. The van der Waals surface area contributed by atoms with Crippen LogP contribution in [-0.4, -0.2) is 67.6 Å². The van der Waals surface area contributed by atoms with Crippen molar-refractivity contribution in [3.63, 3.8) is 0 Å². The van der Waals surface area contributed by atoms with Gasteiger partial charge in [0.15, 0.2) is 0 Å². The van der Waals surface area contributed by atoms with Crippen molar-refractivity contribution in [2.24, 2.45) is 5.11 Å². The van der Waals surface area contributed by atoms with E-state index in [0.29, 0.717) is 37.6 Å². The Morgan fingerprint density at radius 1 is 1.38 bits per heavy atom. The zero-order valence-corrected chi connectivity index (χ0v) is 13.8. The first-order chi connectivity index (χ1) is 12.5. The van der Waals surface area contributed by atoms with Crippen molar-refractivity contribution in [1.82, 2.24) is 4.90 Å². The highest BCUT2D eigenvalue weighted by atomic mass is 19.1. The molecule has 1 aromatic rings. The maximum atomic E-state index is 14.6. The number of ether oxygens (including phenoxy) is 1.